The average molecular weight is 554 g/mol. The maximum atomic E-state index is 13.2. The van der Waals surface area contributed by atoms with Crippen LogP contribution < -0.4 is 15.9 Å². The first kappa shape index (κ1) is 29.0. The molecule has 0 heterocycles. The van der Waals surface area contributed by atoms with Crippen molar-refractivity contribution in [3.63, 3.8) is 0 Å². The van der Waals surface area contributed by atoms with E-state index in [4.69, 9.17) is 0 Å². The molecule has 11 heteroatoms. The molecular formula is C26H22F10P+. The van der Waals surface area contributed by atoms with Gasteiger partial charge in [-0.1, -0.05) is 0 Å². The first-order valence-corrected chi connectivity index (χ1v) is 13.1. The number of halogens is 10. The van der Waals surface area contributed by atoms with E-state index < -0.39 is 49.2 Å². The van der Waals surface area contributed by atoms with Crippen LogP contribution in [0.3, 0.4) is 0 Å². The third-order valence-corrected chi connectivity index (χ3v) is 10.6. The van der Waals surface area contributed by atoms with Crippen LogP contribution in [0.25, 0.3) is 0 Å². The lowest BCUT2D eigenvalue weighted by Crippen LogP contribution is -2.34. The average Bonchev–Trinajstić information content (AvgIpc) is 2.83. The van der Waals surface area contributed by atoms with E-state index in [-0.39, 0.29) is 12.6 Å². The summed E-state index contributed by atoms with van der Waals surface area (Å²) in [5.74, 6) is 0. The van der Waals surface area contributed by atoms with Crippen molar-refractivity contribution in [3.8, 4) is 0 Å². The predicted molar refractivity (Wildman–Crippen MR) is 125 cm³/mol. The zero-order valence-electron chi connectivity index (χ0n) is 19.2. The van der Waals surface area contributed by atoms with Gasteiger partial charge in [-0.2, -0.15) is 39.5 Å². The van der Waals surface area contributed by atoms with Gasteiger partial charge < -0.3 is 0 Å². The van der Waals surface area contributed by atoms with E-state index >= 15 is 0 Å². The van der Waals surface area contributed by atoms with Crippen LogP contribution in [-0.2, 0) is 18.5 Å². The molecule has 0 aliphatic rings. The van der Waals surface area contributed by atoms with E-state index in [0.29, 0.717) is 28.8 Å². The summed E-state index contributed by atoms with van der Waals surface area (Å²) in [4.78, 5) is 0. The van der Waals surface area contributed by atoms with E-state index in [1.54, 1.807) is 0 Å². The van der Waals surface area contributed by atoms with Gasteiger partial charge in [0, 0.05) is 0 Å². The summed E-state index contributed by atoms with van der Waals surface area (Å²) >= 11 is 0. The number of benzene rings is 3. The minimum Gasteiger partial charge on any atom is -0.251 e. The van der Waals surface area contributed by atoms with Gasteiger partial charge in [-0.05, 0) is 92.1 Å². The van der Waals surface area contributed by atoms with E-state index in [0.717, 1.165) is 36.4 Å². The number of rotatable bonds is 8. The van der Waals surface area contributed by atoms with Gasteiger partial charge in [0.25, 0.3) is 0 Å². The van der Waals surface area contributed by atoms with Crippen molar-refractivity contribution in [3.05, 3.63) is 89.5 Å². The summed E-state index contributed by atoms with van der Waals surface area (Å²) in [5.41, 5.74) is -2.81. The Hall–Kier alpha value is -2.61. The number of hydrogen-bond donors (Lipinski definition) is 0. The van der Waals surface area contributed by atoms with Crippen molar-refractivity contribution < 1.29 is 43.9 Å². The smallest absolute Gasteiger partial charge is 0.251 e. The molecule has 3 rings (SSSR count). The van der Waals surface area contributed by atoms with Crippen LogP contribution in [0.5, 0.6) is 0 Å². The minimum atomic E-state index is -4.64. The molecule has 3 aromatic carbocycles. The van der Waals surface area contributed by atoms with Crippen molar-refractivity contribution >= 4 is 23.2 Å². The van der Waals surface area contributed by atoms with Gasteiger partial charge >= 0.3 is 18.5 Å². The molecule has 0 fully saturated rings. The van der Waals surface area contributed by atoms with Gasteiger partial charge in [0.15, 0.2) is 0 Å². The molecule has 0 N–H and O–H groups in total. The molecule has 0 atom stereocenters. The summed E-state index contributed by atoms with van der Waals surface area (Å²) in [6, 6.07) is 12.4. The van der Waals surface area contributed by atoms with Gasteiger partial charge in [-0.15, -0.1) is 0 Å². The Balaban J connectivity index is 2.25. The van der Waals surface area contributed by atoms with Gasteiger partial charge in [0.05, 0.1) is 29.5 Å². The zero-order chi connectivity index (χ0) is 27.5. The van der Waals surface area contributed by atoms with E-state index in [1.165, 1.54) is 36.4 Å². The fraction of sp³-hybridized carbons (Fsp3) is 0.308. The molecule has 0 bridgehead atoms. The summed E-state index contributed by atoms with van der Waals surface area (Å²) < 4.78 is 132. The molecule has 0 aliphatic carbocycles. The molecular weight excluding hydrogens is 532 g/mol. The maximum absolute atomic E-state index is 13.2. The van der Waals surface area contributed by atoms with Gasteiger partial charge in [-0.25, -0.2) is 0 Å². The molecule has 0 aliphatic heterocycles. The number of hydrogen-bond acceptors (Lipinski definition) is 0. The number of alkyl halides is 10. The van der Waals surface area contributed by atoms with Gasteiger partial charge in [0.2, 0.25) is 0 Å². The van der Waals surface area contributed by atoms with Crippen LogP contribution in [0.1, 0.15) is 36.0 Å². The SMILES string of the molecule is FC(F)(F)c1ccc([P+](CCCCC[18F])(c2ccc(C(F)(F)F)cc2)c2ccc(C(F)(F)F)cc2)cc1. The Kier molecular flexibility index (Phi) is 8.62. The van der Waals surface area contributed by atoms with E-state index in [1.807, 2.05) is 0 Å². The van der Waals surface area contributed by atoms with Gasteiger partial charge in [0.1, 0.15) is 23.2 Å². The molecule has 200 valence electrons. The largest absolute Gasteiger partial charge is 0.416 e. The summed E-state index contributed by atoms with van der Waals surface area (Å²) in [7, 11) is -3.03. The topological polar surface area (TPSA) is 0 Å². The van der Waals surface area contributed by atoms with E-state index in [9.17, 15) is 43.9 Å². The highest BCUT2D eigenvalue weighted by atomic mass is 31.2. The molecule has 37 heavy (non-hydrogen) atoms. The lowest BCUT2D eigenvalue weighted by Gasteiger charge is -2.28. The Morgan fingerprint density at radius 1 is 0.432 bits per heavy atom. The Morgan fingerprint density at radius 3 is 0.973 bits per heavy atom. The van der Waals surface area contributed by atoms with Crippen LogP contribution in [-0.4, -0.2) is 12.8 Å². The third-order valence-electron chi connectivity index (χ3n) is 6.03. The molecule has 0 radical (unpaired) electrons. The fourth-order valence-electron chi connectivity index (χ4n) is 4.17. The highest BCUT2D eigenvalue weighted by Gasteiger charge is 2.46. The summed E-state index contributed by atoms with van der Waals surface area (Å²) in [5, 5.41) is 1.08. The molecule has 0 saturated heterocycles. The summed E-state index contributed by atoms with van der Waals surface area (Å²) in [6.45, 7) is -0.605. The summed E-state index contributed by atoms with van der Waals surface area (Å²) in [6.07, 6.45) is -12.7. The lowest BCUT2D eigenvalue weighted by atomic mass is 10.2. The fourth-order valence-corrected chi connectivity index (χ4v) is 8.51. The van der Waals surface area contributed by atoms with Crippen LogP contribution in [0.15, 0.2) is 72.8 Å². The number of unbranched alkanes of at least 4 members (excludes halogenated alkanes) is 2. The molecule has 3 aromatic rings. The van der Waals surface area contributed by atoms with E-state index in [2.05, 4.69) is 0 Å². The normalized spacial score (nSPS) is 13.1. The minimum absolute atomic E-state index is 0.201. The zero-order valence-corrected chi connectivity index (χ0v) is 20.1. The first-order chi connectivity index (χ1) is 17.2. The van der Waals surface area contributed by atoms with Crippen molar-refractivity contribution in [2.45, 2.75) is 37.8 Å². The Labute approximate surface area is 207 Å². The third kappa shape index (κ3) is 6.64. The lowest BCUT2D eigenvalue weighted by molar-refractivity contribution is -0.138. The Bertz CT molecular complexity index is 1000. The molecule has 0 saturated carbocycles. The molecule has 0 nitrogen and oxygen atoms in total. The van der Waals surface area contributed by atoms with Crippen LogP contribution in [0.2, 0.25) is 0 Å². The Morgan fingerprint density at radius 2 is 0.730 bits per heavy atom. The highest BCUT2D eigenvalue weighted by Crippen LogP contribution is 2.56. The molecule has 0 spiro atoms. The second kappa shape index (κ2) is 11.0. The van der Waals surface area contributed by atoms with Crippen LogP contribution in [0.4, 0.5) is 43.9 Å². The highest BCUT2D eigenvalue weighted by molar-refractivity contribution is 7.95. The van der Waals surface area contributed by atoms with Crippen molar-refractivity contribution in [2.24, 2.45) is 0 Å². The second-order valence-corrected chi connectivity index (χ2v) is 12.0. The second-order valence-electron chi connectivity index (χ2n) is 8.42. The maximum Gasteiger partial charge on any atom is 0.416 e. The van der Waals surface area contributed by atoms with Gasteiger partial charge in [-0.3, -0.25) is 4.39 Å². The van der Waals surface area contributed by atoms with Crippen molar-refractivity contribution in [2.75, 3.05) is 12.8 Å². The van der Waals surface area contributed by atoms with Crippen molar-refractivity contribution in [1.82, 2.24) is 0 Å². The quantitative estimate of drug-likeness (QED) is 0.150. The molecule has 0 amide bonds. The first-order valence-electron chi connectivity index (χ1n) is 11.2. The van der Waals surface area contributed by atoms with Crippen LogP contribution in [0, 0.1) is 0 Å². The van der Waals surface area contributed by atoms with Crippen LogP contribution >= 0.6 is 7.26 Å². The predicted octanol–water partition coefficient (Wildman–Crippen LogP) is 8.18. The monoisotopic (exact) mass is 554 g/mol. The standard InChI is InChI=1S/C26H22F10P/c27-16-2-1-3-17-37(21-10-4-18(5-11-21)24(28,29)30,22-12-6-19(7-13-22)25(31,32)33)23-14-8-20(9-15-23)26(34,35)36/h4-15H,1-3,16-17H2/q+1/i27-1. The molecule has 0 aromatic heterocycles. The molecule has 0 unspecified atom stereocenters. The van der Waals surface area contributed by atoms with Crippen molar-refractivity contribution in [1.29, 1.82) is 0 Å².